The Bertz CT molecular complexity index is 660. The summed E-state index contributed by atoms with van der Waals surface area (Å²) in [5.74, 6) is 0.968. The molecule has 0 bridgehead atoms. The molecule has 8 heteroatoms. The van der Waals surface area contributed by atoms with Crippen molar-refractivity contribution in [3.8, 4) is 0 Å². The molecular formula is C18H32N4O2S2. The second-order valence-corrected chi connectivity index (χ2v) is 9.26. The first kappa shape index (κ1) is 22.8. The molecule has 0 atom stereocenters. The molecule has 1 N–H and O–H groups in total. The number of hydrogen-bond acceptors (Lipinski definition) is 4. The van der Waals surface area contributed by atoms with Gasteiger partial charge in [-0.3, -0.25) is 4.99 Å². The third kappa shape index (κ3) is 7.55. The Morgan fingerprint density at radius 3 is 2.38 bits per heavy atom. The van der Waals surface area contributed by atoms with Crippen LogP contribution in [0.5, 0.6) is 0 Å². The predicted molar refractivity (Wildman–Crippen MR) is 112 cm³/mol. The number of aliphatic imine (C=N–C) groups is 1. The first-order valence-electron chi connectivity index (χ1n) is 8.90. The molecule has 0 aliphatic heterocycles. The monoisotopic (exact) mass is 400 g/mol. The molecule has 0 fully saturated rings. The van der Waals surface area contributed by atoms with E-state index in [1.54, 1.807) is 25.7 Å². The van der Waals surface area contributed by atoms with Gasteiger partial charge in [0.15, 0.2) is 5.96 Å². The quantitative estimate of drug-likeness (QED) is 0.283. The molecule has 0 spiro atoms. The number of nitrogens with zero attached hydrogens (tertiary/aromatic N) is 3. The average Bonchev–Trinajstić information content (AvgIpc) is 2.64. The summed E-state index contributed by atoms with van der Waals surface area (Å²) < 4.78 is 24.9. The van der Waals surface area contributed by atoms with Gasteiger partial charge < -0.3 is 10.2 Å². The van der Waals surface area contributed by atoms with Crippen LogP contribution in [0.15, 0.2) is 34.2 Å². The molecule has 1 aromatic rings. The first-order valence-corrected chi connectivity index (χ1v) is 11.7. The molecule has 148 valence electrons. The lowest BCUT2D eigenvalue weighted by Gasteiger charge is -2.22. The molecule has 0 aliphatic rings. The summed E-state index contributed by atoms with van der Waals surface area (Å²) in [7, 11) is 0.520. The Hall–Kier alpha value is -1.25. The fourth-order valence-electron chi connectivity index (χ4n) is 2.39. The number of benzene rings is 1. The van der Waals surface area contributed by atoms with Crippen molar-refractivity contribution in [1.29, 1.82) is 0 Å². The van der Waals surface area contributed by atoms with Crippen LogP contribution in [0.4, 0.5) is 0 Å². The lowest BCUT2D eigenvalue weighted by Crippen LogP contribution is -2.38. The minimum Gasteiger partial charge on any atom is -0.357 e. The van der Waals surface area contributed by atoms with Gasteiger partial charge in [-0.15, -0.1) is 11.8 Å². The smallest absolute Gasteiger partial charge is 0.213 e. The molecule has 0 aromatic heterocycles. The summed E-state index contributed by atoms with van der Waals surface area (Å²) in [6, 6.07) is 8.52. The third-order valence-electron chi connectivity index (χ3n) is 4.01. The van der Waals surface area contributed by atoms with Crippen LogP contribution in [0.1, 0.15) is 25.8 Å². The van der Waals surface area contributed by atoms with Crippen molar-refractivity contribution in [2.75, 3.05) is 45.7 Å². The van der Waals surface area contributed by atoms with E-state index >= 15 is 0 Å². The molecule has 1 rings (SSSR count). The zero-order valence-electron chi connectivity index (χ0n) is 16.5. The molecule has 6 nitrogen and oxygen atoms in total. The minimum absolute atomic E-state index is 0.132. The van der Waals surface area contributed by atoms with Crippen LogP contribution < -0.4 is 5.32 Å². The lowest BCUT2D eigenvalue weighted by atomic mass is 10.2. The summed E-state index contributed by atoms with van der Waals surface area (Å²) in [6.07, 6.45) is 2.77. The highest BCUT2D eigenvalue weighted by Gasteiger charge is 2.14. The van der Waals surface area contributed by atoms with Gasteiger partial charge in [0, 0.05) is 45.2 Å². The van der Waals surface area contributed by atoms with Crippen LogP contribution in [0.3, 0.4) is 0 Å². The van der Waals surface area contributed by atoms with Gasteiger partial charge in [-0.2, -0.15) is 0 Å². The van der Waals surface area contributed by atoms with Crippen LogP contribution in [0.2, 0.25) is 0 Å². The van der Waals surface area contributed by atoms with E-state index < -0.39 is 10.0 Å². The Morgan fingerprint density at radius 1 is 1.19 bits per heavy atom. The molecule has 0 amide bonds. The fraction of sp³-hybridized carbons (Fsp3) is 0.611. The van der Waals surface area contributed by atoms with Crippen molar-refractivity contribution < 1.29 is 8.42 Å². The van der Waals surface area contributed by atoms with Gasteiger partial charge in [0.05, 0.1) is 5.75 Å². The normalized spacial score (nSPS) is 12.5. The SMILES string of the molecule is CCNC(=NCCCN(C)S(=O)(=O)CC)N(C)Cc1ccc(SC)cc1. The molecule has 0 saturated carbocycles. The molecule has 26 heavy (non-hydrogen) atoms. The van der Waals surface area contributed by atoms with Gasteiger partial charge in [0.1, 0.15) is 0 Å². The van der Waals surface area contributed by atoms with Crippen LogP contribution >= 0.6 is 11.8 Å². The second kappa shape index (κ2) is 11.5. The molecule has 0 unspecified atom stereocenters. The average molecular weight is 401 g/mol. The topological polar surface area (TPSA) is 65.0 Å². The summed E-state index contributed by atoms with van der Waals surface area (Å²) in [6.45, 7) is 6.33. The molecular weight excluding hydrogens is 368 g/mol. The standard InChI is InChI=1S/C18H32N4O2S2/c1-6-19-18(20-13-8-14-22(4)26(23,24)7-2)21(3)15-16-9-11-17(25-5)12-10-16/h9-12H,6-8,13-15H2,1-5H3,(H,19,20). The van der Waals surface area contributed by atoms with E-state index in [0.717, 1.165) is 19.0 Å². The van der Waals surface area contributed by atoms with Gasteiger partial charge >= 0.3 is 0 Å². The highest BCUT2D eigenvalue weighted by Crippen LogP contribution is 2.15. The van der Waals surface area contributed by atoms with E-state index in [4.69, 9.17) is 0 Å². The van der Waals surface area contributed by atoms with Crippen molar-refractivity contribution in [2.24, 2.45) is 4.99 Å². The van der Waals surface area contributed by atoms with Gasteiger partial charge in [-0.1, -0.05) is 12.1 Å². The number of nitrogens with one attached hydrogen (secondary N) is 1. The van der Waals surface area contributed by atoms with E-state index in [2.05, 4.69) is 45.7 Å². The summed E-state index contributed by atoms with van der Waals surface area (Å²) in [5.41, 5.74) is 1.23. The van der Waals surface area contributed by atoms with E-state index in [0.29, 0.717) is 19.5 Å². The maximum atomic E-state index is 11.8. The number of hydrogen-bond donors (Lipinski definition) is 1. The van der Waals surface area contributed by atoms with Crippen LogP contribution in [-0.4, -0.2) is 69.3 Å². The van der Waals surface area contributed by atoms with Gasteiger partial charge in [0.2, 0.25) is 10.0 Å². The molecule has 1 aromatic carbocycles. The first-order chi connectivity index (χ1) is 12.3. The highest BCUT2D eigenvalue weighted by atomic mass is 32.2. The van der Waals surface area contributed by atoms with Crippen LogP contribution in [-0.2, 0) is 16.6 Å². The highest BCUT2D eigenvalue weighted by molar-refractivity contribution is 7.98. The molecule has 0 saturated heterocycles. The Kier molecular flexibility index (Phi) is 10.0. The second-order valence-electron chi connectivity index (χ2n) is 6.02. The summed E-state index contributed by atoms with van der Waals surface area (Å²) >= 11 is 1.73. The van der Waals surface area contributed by atoms with Crippen molar-refractivity contribution in [1.82, 2.24) is 14.5 Å². The minimum atomic E-state index is -3.11. The largest absolute Gasteiger partial charge is 0.357 e. The van der Waals surface area contributed by atoms with Crippen molar-refractivity contribution in [2.45, 2.75) is 31.7 Å². The zero-order chi connectivity index (χ0) is 19.6. The summed E-state index contributed by atoms with van der Waals surface area (Å²) in [4.78, 5) is 7.97. The number of guanidine groups is 1. The lowest BCUT2D eigenvalue weighted by molar-refractivity contribution is 0.459. The number of rotatable bonds is 10. The predicted octanol–water partition coefficient (Wildman–Crippen LogP) is 2.48. The van der Waals surface area contributed by atoms with Gasteiger partial charge in [0.25, 0.3) is 0 Å². The van der Waals surface area contributed by atoms with Crippen molar-refractivity contribution in [3.05, 3.63) is 29.8 Å². The summed E-state index contributed by atoms with van der Waals surface area (Å²) in [5, 5.41) is 3.29. The van der Waals surface area contributed by atoms with E-state index in [1.807, 2.05) is 14.0 Å². The number of thioether (sulfide) groups is 1. The molecule has 0 radical (unpaired) electrons. The van der Waals surface area contributed by atoms with E-state index in [9.17, 15) is 8.42 Å². The van der Waals surface area contributed by atoms with Crippen molar-refractivity contribution in [3.63, 3.8) is 0 Å². The van der Waals surface area contributed by atoms with Crippen LogP contribution in [0.25, 0.3) is 0 Å². The van der Waals surface area contributed by atoms with E-state index in [-0.39, 0.29) is 5.75 Å². The van der Waals surface area contributed by atoms with E-state index in [1.165, 1.54) is 14.8 Å². The molecule has 0 heterocycles. The Morgan fingerprint density at radius 2 is 1.85 bits per heavy atom. The van der Waals surface area contributed by atoms with Gasteiger partial charge in [-0.05, 0) is 44.2 Å². The third-order valence-corrected chi connectivity index (χ3v) is 6.61. The van der Waals surface area contributed by atoms with Crippen LogP contribution in [0, 0.1) is 0 Å². The Labute approximate surface area is 163 Å². The fourth-order valence-corrected chi connectivity index (χ4v) is 3.64. The van der Waals surface area contributed by atoms with Gasteiger partial charge in [-0.25, -0.2) is 12.7 Å². The maximum Gasteiger partial charge on any atom is 0.213 e. The number of sulfonamides is 1. The van der Waals surface area contributed by atoms with Crippen molar-refractivity contribution >= 4 is 27.7 Å². The maximum absolute atomic E-state index is 11.8. The zero-order valence-corrected chi connectivity index (χ0v) is 18.2. The molecule has 0 aliphatic carbocycles. The Balaban J connectivity index is 2.60.